The van der Waals surface area contributed by atoms with Crippen LogP contribution in [0.25, 0.3) is 38.2 Å². The van der Waals surface area contributed by atoms with Crippen molar-refractivity contribution in [3.63, 3.8) is 0 Å². The molecule has 1 fully saturated rings. The molecule has 0 N–H and O–H groups in total. The molecule has 7 rings (SSSR count). The Hall–Kier alpha value is -2.38. The van der Waals surface area contributed by atoms with Crippen molar-refractivity contribution in [1.82, 2.24) is 0 Å². The van der Waals surface area contributed by atoms with Gasteiger partial charge >= 0.3 is 195 Å². The topological polar surface area (TPSA) is 0 Å². The Morgan fingerprint density at radius 3 is 2.35 bits per heavy atom. The van der Waals surface area contributed by atoms with Gasteiger partial charge in [-0.3, -0.25) is 0 Å². The molecule has 1 heteroatoms. The third-order valence-corrected chi connectivity index (χ3v) is 13.1. The van der Waals surface area contributed by atoms with Gasteiger partial charge in [-0.1, -0.05) is 0 Å². The van der Waals surface area contributed by atoms with Gasteiger partial charge in [-0.15, -0.1) is 0 Å². The fourth-order valence-corrected chi connectivity index (χ4v) is 11.8. The molecule has 147 valence electrons. The van der Waals surface area contributed by atoms with Crippen LogP contribution in [0, 0.1) is 0 Å². The first-order valence-electron chi connectivity index (χ1n) is 11.4. The van der Waals surface area contributed by atoms with Crippen LogP contribution in [0.5, 0.6) is 0 Å². The molecule has 0 atom stereocenters. The Balaban J connectivity index is 1.62. The first-order chi connectivity index (χ1) is 15.4. The summed E-state index contributed by atoms with van der Waals surface area (Å²) in [6.45, 7) is 0. The number of hydrogen-bond donors (Lipinski definition) is 0. The molecule has 0 radical (unpaired) electrons. The monoisotopic (exact) mass is 563 g/mol. The summed E-state index contributed by atoms with van der Waals surface area (Å²) in [5.74, 6) is 0. The van der Waals surface area contributed by atoms with Gasteiger partial charge in [0.05, 0.1) is 0 Å². The summed E-state index contributed by atoms with van der Waals surface area (Å²) in [6.07, 6.45) is 13.3. The van der Waals surface area contributed by atoms with Crippen molar-refractivity contribution in [1.29, 1.82) is 0 Å². The van der Waals surface area contributed by atoms with Crippen LogP contribution in [-0.4, -0.2) is 3.26 Å². The number of rotatable bonds is 2. The average molecular weight is 562 g/mol. The van der Waals surface area contributed by atoms with Crippen LogP contribution in [0.3, 0.4) is 0 Å². The van der Waals surface area contributed by atoms with E-state index in [0.29, 0.717) is 0 Å². The summed E-state index contributed by atoms with van der Waals surface area (Å²) < 4.78 is 3.69. The molecule has 0 nitrogen and oxygen atoms in total. The first-order valence-corrected chi connectivity index (χ1v) is 15.0. The van der Waals surface area contributed by atoms with E-state index in [0.717, 1.165) is 12.8 Å². The Labute approximate surface area is 194 Å². The maximum atomic E-state index is 2.44. The van der Waals surface area contributed by atoms with Gasteiger partial charge in [0, 0.05) is 0 Å². The van der Waals surface area contributed by atoms with Crippen LogP contribution in [0.4, 0.5) is 0 Å². The molecule has 3 aliphatic rings. The summed E-state index contributed by atoms with van der Waals surface area (Å²) in [5.41, 5.74) is 9.18. The third-order valence-electron chi connectivity index (χ3n) is 7.30. The second-order valence-corrected chi connectivity index (χ2v) is 14.3. The van der Waals surface area contributed by atoms with Gasteiger partial charge in [0.25, 0.3) is 0 Å². The quantitative estimate of drug-likeness (QED) is 0.204. The zero-order valence-corrected chi connectivity index (χ0v) is 21.1. The standard InChI is InChI=1S/C26H17.C4H6.Hf/c1-2-6-17(5-1)20-12-9-19-11-14-22-15-21-13-10-18-7-3-4-8-23(18)25(21)26(22)24(19)16-20;1-2-4-3-1;/h1-5,7-14H,6,15H2;1-3H2;. The average Bonchev–Trinajstić information content (AvgIpc) is 3.43. The number of allylic oxidation sites excluding steroid dienone is 4. The predicted molar refractivity (Wildman–Crippen MR) is 130 cm³/mol. The molecular weight excluding hydrogens is 539 g/mol. The molecule has 0 aliphatic heterocycles. The predicted octanol–water partition coefficient (Wildman–Crippen LogP) is 6.97. The minimum absolute atomic E-state index is 1.03. The number of benzene rings is 4. The van der Waals surface area contributed by atoms with E-state index in [-0.39, 0.29) is 0 Å². The van der Waals surface area contributed by atoms with Crippen molar-refractivity contribution in [2.75, 3.05) is 0 Å². The maximum absolute atomic E-state index is 2.44. The van der Waals surface area contributed by atoms with E-state index in [1.807, 2.05) is 3.26 Å². The van der Waals surface area contributed by atoms with Crippen LogP contribution in [-0.2, 0) is 28.8 Å². The molecule has 0 heterocycles. The molecule has 4 aromatic rings. The second-order valence-electron chi connectivity index (χ2n) is 9.09. The Kier molecular flexibility index (Phi) is 4.15. The molecule has 0 spiro atoms. The third kappa shape index (κ3) is 2.79. The fourth-order valence-electron chi connectivity index (χ4n) is 5.56. The molecule has 4 aromatic carbocycles. The van der Waals surface area contributed by atoms with Gasteiger partial charge in [-0.05, 0) is 0 Å². The first kappa shape index (κ1) is 18.2. The van der Waals surface area contributed by atoms with E-state index in [9.17, 15) is 0 Å². The van der Waals surface area contributed by atoms with E-state index in [2.05, 4.69) is 78.9 Å². The Morgan fingerprint density at radius 2 is 1.55 bits per heavy atom. The van der Waals surface area contributed by atoms with Crippen molar-refractivity contribution in [3.05, 3.63) is 95.6 Å². The van der Waals surface area contributed by atoms with Gasteiger partial charge in [-0.2, -0.15) is 0 Å². The molecule has 0 amide bonds. The number of hydrogen-bond acceptors (Lipinski definition) is 0. The van der Waals surface area contributed by atoms with Crippen molar-refractivity contribution >= 4 is 33.7 Å². The summed E-state index contributed by atoms with van der Waals surface area (Å²) in [5, 5.41) is 5.83. The zero-order chi connectivity index (χ0) is 20.4. The van der Waals surface area contributed by atoms with E-state index in [1.165, 1.54) is 57.7 Å². The molecule has 1 saturated carbocycles. The van der Waals surface area contributed by atoms with E-state index in [1.54, 1.807) is 19.8 Å². The van der Waals surface area contributed by atoms with Crippen molar-refractivity contribution < 1.29 is 22.4 Å². The van der Waals surface area contributed by atoms with Crippen LogP contribution in [0.15, 0.2) is 78.9 Å². The zero-order valence-electron chi connectivity index (χ0n) is 17.5. The number of fused-ring (bicyclic) bond motifs is 7. The summed E-state index contributed by atoms with van der Waals surface area (Å²) in [6, 6.07) is 23.3. The van der Waals surface area contributed by atoms with Gasteiger partial charge in [0.15, 0.2) is 0 Å². The van der Waals surface area contributed by atoms with Crippen molar-refractivity contribution in [3.8, 4) is 11.1 Å². The van der Waals surface area contributed by atoms with Crippen LogP contribution in [0.1, 0.15) is 42.4 Å². The SMILES string of the molecule is C1=CCC(c2ccc3ccc4c(c3[c]2[Hf]=[C]2CCC2)-c2c(ccc3ccccc23)C4)=C1. The molecule has 0 unspecified atom stereocenters. The summed E-state index contributed by atoms with van der Waals surface area (Å²) in [4.78, 5) is 0. The van der Waals surface area contributed by atoms with Crippen molar-refractivity contribution in [2.24, 2.45) is 0 Å². The van der Waals surface area contributed by atoms with E-state index >= 15 is 0 Å². The van der Waals surface area contributed by atoms with Gasteiger partial charge in [0.1, 0.15) is 0 Å². The van der Waals surface area contributed by atoms with Gasteiger partial charge < -0.3 is 0 Å². The summed E-state index contributed by atoms with van der Waals surface area (Å²) in [7, 11) is 0. The molecule has 31 heavy (non-hydrogen) atoms. The minimum atomic E-state index is -1.03. The fraction of sp³-hybridized carbons (Fsp3) is 0.167. The van der Waals surface area contributed by atoms with Crippen LogP contribution < -0.4 is 3.32 Å². The molecule has 0 bridgehead atoms. The van der Waals surface area contributed by atoms with E-state index < -0.39 is 22.4 Å². The normalized spacial score (nSPS) is 16.3. The van der Waals surface area contributed by atoms with E-state index in [4.69, 9.17) is 0 Å². The van der Waals surface area contributed by atoms with Crippen molar-refractivity contribution in [2.45, 2.75) is 32.1 Å². The molecule has 0 saturated heterocycles. The van der Waals surface area contributed by atoms with Crippen LogP contribution >= 0.6 is 0 Å². The Morgan fingerprint density at radius 1 is 0.742 bits per heavy atom. The van der Waals surface area contributed by atoms with Gasteiger partial charge in [-0.25, -0.2) is 0 Å². The second kappa shape index (κ2) is 7.07. The summed E-state index contributed by atoms with van der Waals surface area (Å²) >= 11 is -1.03. The molecule has 3 aliphatic carbocycles. The van der Waals surface area contributed by atoms with Crippen LogP contribution in [0.2, 0.25) is 0 Å². The van der Waals surface area contributed by atoms with Gasteiger partial charge in [0.2, 0.25) is 0 Å². The molecule has 0 aromatic heterocycles. The molecular formula is C30H23Hf. The Bertz CT molecular complexity index is 1490.